The fourth-order valence-corrected chi connectivity index (χ4v) is 3.34. The van der Waals surface area contributed by atoms with E-state index >= 15 is 0 Å². The van der Waals surface area contributed by atoms with E-state index in [9.17, 15) is 9.59 Å². The number of thiazole rings is 1. The highest BCUT2D eigenvalue weighted by Crippen LogP contribution is 2.30. The van der Waals surface area contributed by atoms with Crippen LogP contribution in [0.15, 0.2) is 54.6 Å². The third-order valence-corrected chi connectivity index (χ3v) is 4.87. The van der Waals surface area contributed by atoms with Gasteiger partial charge in [0.15, 0.2) is 5.13 Å². The Labute approximate surface area is 167 Å². The smallest absolute Gasteiger partial charge is 0.338 e. The summed E-state index contributed by atoms with van der Waals surface area (Å²) in [4.78, 5) is 29.6. The van der Waals surface area contributed by atoms with Crippen molar-refractivity contribution >= 4 is 34.0 Å². The summed E-state index contributed by atoms with van der Waals surface area (Å²) >= 11 is 1.12. The molecule has 0 fully saturated rings. The van der Waals surface area contributed by atoms with Crippen LogP contribution < -0.4 is 11.1 Å². The number of hydrogen-bond donors (Lipinski definition) is 2. The Morgan fingerprint density at radius 2 is 1.93 bits per heavy atom. The van der Waals surface area contributed by atoms with Crippen molar-refractivity contribution in [1.29, 1.82) is 0 Å². The van der Waals surface area contributed by atoms with Crippen molar-refractivity contribution in [3.63, 3.8) is 0 Å². The van der Waals surface area contributed by atoms with Crippen LogP contribution in [0.4, 0.5) is 10.8 Å². The van der Waals surface area contributed by atoms with Crippen LogP contribution in [0, 0.1) is 0 Å². The fourth-order valence-electron chi connectivity index (χ4n) is 2.59. The first-order valence-electron chi connectivity index (χ1n) is 8.98. The van der Waals surface area contributed by atoms with Gasteiger partial charge in [-0.25, -0.2) is 9.78 Å². The van der Waals surface area contributed by atoms with Gasteiger partial charge in [-0.3, -0.25) is 4.79 Å². The van der Waals surface area contributed by atoms with E-state index in [1.807, 2.05) is 37.3 Å². The molecule has 0 saturated heterocycles. The SMILES string of the molecule is CCCCOC(=O)c1cccc(NC(=O)c2sc(N)nc2-c2ccccc2)c1. The molecular formula is C21H21N3O3S. The molecule has 3 aromatic rings. The summed E-state index contributed by atoms with van der Waals surface area (Å²) in [6.45, 7) is 2.41. The second kappa shape index (κ2) is 9.14. The summed E-state index contributed by atoms with van der Waals surface area (Å²) in [5.41, 5.74) is 8.08. The minimum absolute atomic E-state index is 0.317. The molecular weight excluding hydrogens is 374 g/mol. The third-order valence-electron chi connectivity index (χ3n) is 3.98. The Morgan fingerprint density at radius 1 is 1.14 bits per heavy atom. The predicted octanol–water partition coefficient (Wildman–Crippen LogP) is 4.60. The highest BCUT2D eigenvalue weighted by Gasteiger charge is 2.19. The van der Waals surface area contributed by atoms with Crippen LogP contribution in [0.25, 0.3) is 11.3 Å². The number of benzene rings is 2. The van der Waals surface area contributed by atoms with Gasteiger partial charge in [0.2, 0.25) is 0 Å². The van der Waals surface area contributed by atoms with Crippen molar-refractivity contribution in [2.45, 2.75) is 19.8 Å². The lowest BCUT2D eigenvalue weighted by Crippen LogP contribution is -2.12. The van der Waals surface area contributed by atoms with E-state index in [1.165, 1.54) is 0 Å². The number of unbranched alkanes of at least 4 members (excludes halogenated alkanes) is 1. The van der Waals surface area contributed by atoms with Crippen molar-refractivity contribution in [2.75, 3.05) is 17.7 Å². The number of nitrogens with two attached hydrogens (primary N) is 1. The Bertz CT molecular complexity index is 970. The van der Waals surface area contributed by atoms with Gasteiger partial charge in [-0.1, -0.05) is 61.1 Å². The molecule has 0 bridgehead atoms. The highest BCUT2D eigenvalue weighted by molar-refractivity contribution is 7.17. The Balaban J connectivity index is 1.77. The average Bonchev–Trinajstić information content (AvgIpc) is 3.11. The van der Waals surface area contributed by atoms with Crippen LogP contribution in [0.2, 0.25) is 0 Å². The topological polar surface area (TPSA) is 94.3 Å². The molecule has 1 heterocycles. The van der Waals surface area contributed by atoms with E-state index in [2.05, 4.69) is 10.3 Å². The van der Waals surface area contributed by atoms with E-state index in [0.29, 0.717) is 33.6 Å². The number of rotatable bonds is 7. The number of anilines is 2. The summed E-state index contributed by atoms with van der Waals surface area (Å²) in [5, 5.41) is 3.13. The van der Waals surface area contributed by atoms with Gasteiger partial charge in [0.05, 0.1) is 17.9 Å². The van der Waals surface area contributed by atoms with Gasteiger partial charge in [-0.05, 0) is 24.6 Å². The molecule has 3 rings (SSSR count). The molecule has 7 heteroatoms. The lowest BCUT2D eigenvalue weighted by atomic mass is 10.1. The van der Waals surface area contributed by atoms with E-state index < -0.39 is 5.97 Å². The maximum Gasteiger partial charge on any atom is 0.338 e. The van der Waals surface area contributed by atoms with Crippen LogP contribution in [0.5, 0.6) is 0 Å². The van der Waals surface area contributed by atoms with Gasteiger partial charge >= 0.3 is 5.97 Å². The highest BCUT2D eigenvalue weighted by atomic mass is 32.1. The lowest BCUT2D eigenvalue weighted by Gasteiger charge is -2.08. The summed E-state index contributed by atoms with van der Waals surface area (Å²) in [7, 11) is 0. The Morgan fingerprint density at radius 3 is 2.68 bits per heavy atom. The van der Waals surface area contributed by atoms with Crippen molar-refractivity contribution in [2.24, 2.45) is 0 Å². The largest absolute Gasteiger partial charge is 0.462 e. The molecule has 0 spiro atoms. The molecule has 0 aliphatic carbocycles. The molecule has 28 heavy (non-hydrogen) atoms. The van der Waals surface area contributed by atoms with Crippen molar-refractivity contribution in [3.8, 4) is 11.3 Å². The van der Waals surface area contributed by atoms with Crippen molar-refractivity contribution < 1.29 is 14.3 Å². The number of aromatic nitrogens is 1. The second-order valence-corrected chi connectivity index (χ2v) is 7.15. The molecule has 0 aliphatic rings. The van der Waals surface area contributed by atoms with E-state index in [-0.39, 0.29) is 5.91 Å². The molecule has 0 unspecified atom stereocenters. The quantitative estimate of drug-likeness (QED) is 0.450. The summed E-state index contributed by atoms with van der Waals surface area (Å²) < 4.78 is 5.22. The normalized spacial score (nSPS) is 10.5. The van der Waals surface area contributed by atoms with E-state index in [4.69, 9.17) is 10.5 Å². The number of carbonyl (C=O) groups is 2. The molecule has 144 valence electrons. The van der Waals surface area contributed by atoms with Crippen molar-refractivity contribution in [1.82, 2.24) is 4.98 Å². The number of nitrogens with one attached hydrogen (secondary N) is 1. The van der Waals surface area contributed by atoms with Crippen LogP contribution in [-0.4, -0.2) is 23.5 Å². The molecule has 6 nitrogen and oxygen atoms in total. The Kier molecular flexibility index (Phi) is 6.39. The van der Waals surface area contributed by atoms with Crippen LogP contribution in [-0.2, 0) is 4.74 Å². The first-order chi connectivity index (χ1) is 13.6. The maximum atomic E-state index is 12.8. The number of esters is 1. The molecule has 2 aromatic carbocycles. The molecule has 1 aromatic heterocycles. The molecule has 0 atom stereocenters. The number of nitrogen functional groups attached to an aromatic ring is 1. The molecule has 1 amide bonds. The molecule has 0 aliphatic heterocycles. The summed E-state index contributed by atoms with van der Waals surface area (Å²) in [6.07, 6.45) is 1.77. The molecule has 0 saturated carbocycles. The van der Waals surface area contributed by atoms with Crippen LogP contribution in [0.1, 0.15) is 39.8 Å². The third kappa shape index (κ3) is 4.75. The van der Waals surface area contributed by atoms with Gasteiger partial charge in [0.25, 0.3) is 5.91 Å². The predicted molar refractivity (Wildman–Crippen MR) is 112 cm³/mol. The van der Waals surface area contributed by atoms with Gasteiger partial charge in [0, 0.05) is 11.3 Å². The zero-order valence-corrected chi connectivity index (χ0v) is 16.3. The second-order valence-electron chi connectivity index (χ2n) is 6.12. The van der Waals surface area contributed by atoms with Crippen LogP contribution in [0.3, 0.4) is 0 Å². The number of hydrogen-bond acceptors (Lipinski definition) is 6. The van der Waals surface area contributed by atoms with E-state index in [1.54, 1.807) is 24.3 Å². The number of nitrogens with zero attached hydrogens (tertiary/aromatic N) is 1. The zero-order chi connectivity index (χ0) is 19.9. The van der Waals surface area contributed by atoms with Gasteiger partial charge in [0.1, 0.15) is 4.88 Å². The van der Waals surface area contributed by atoms with Gasteiger partial charge in [-0.15, -0.1) is 0 Å². The number of carbonyl (C=O) groups excluding carboxylic acids is 2. The standard InChI is InChI=1S/C21H21N3O3S/c1-2-3-12-27-20(26)15-10-7-11-16(13-15)23-19(25)18-17(24-21(22)28-18)14-8-5-4-6-9-14/h4-11,13H,2-3,12H2,1H3,(H2,22,24)(H,23,25). The zero-order valence-electron chi connectivity index (χ0n) is 15.5. The summed E-state index contributed by atoms with van der Waals surface area (Å²) in [6, 6.07) is 16.1. The molecule has 3 N–H and O–H groups in total. The van der Waals surface area contributed by atoms with Gasteiger partial charge in [-0.2, -0.15) is 0 Å². The maximum absolute atomic E-state index is 12.8. The number of ether oxygens (including phenoxy) is 1. The minimum Gasteiger partial charge on any atom is -0.462 e. The number of amides is 1. The van der Waals surface area contributed by atoms with Crippen molar-refractivity contribution in [3.05, 3.63) is 65.0 Å². The first-order valence-corrected chi connectivity index (χ1v) is 9.80. The van der Waals surface area contributed by atoms with E-state index in [0.717, 1.165) is 29.7 Å². The van der Waals surface area contributed by atoms with Gasteiger partial charge < -0.3 is 15.8 Å². The minimum atomic E-state index is -0.406. The molecule has 0 radical (unpaired) electrons. The monoisotopic (exact) mass is 395 g/mol. The lowest BCUT2D eigenvalue weighted by molar-refractivity contribution is 0.0499. The fraction of sp³-hybridized carbons (Fsp3) is 0.190. The first kappa shape index (κ1) is 19.6. The Hall–Kier alpha value is -3.19. The summed E-state index contributed by atoms with van der Waals surface area (Å²) in [5.74, 6) is -0.735. The average molecular weight is 395 g/mol. The van der Waals surface area contributed by atoms with Crippen LogP contribution >= 0.6 is 11.3 Å².